The highest BCUT2D eigenvalue weighted by atomic mass is 16.6. The minimum Gasteiger partial charge on any atom is -0.364 e. The number of hydrogen-bond acceptors (Lipinski definition) is 7. The number of aryl methyl sites for hydroxylation is 2. The predicted octanol–water partition coefficient (Wildman–Crippen LogP) is 6.09. The molecule has 0 aliphatic heterocycles. The molecular weight excluding hydrogens is 516 g/mol. The average molecular weight is 549 g/mol. The molecule has 0 bridgehead atoms. The molecule has 2 N–H and O–H groups in total. The van der Waals surface area contributed by atoms with E-state index in [9.17, 15) is 10.1 Å². The van der Waals surface area contributed by atoms with Crippen LogP contribution in [0.15, 0.2) is 110 Å². The molecule has 0 fully saturated rings. The molecule has 0 spiro atoms. The van der Waals surface area contributed by atoms with Gasteiger partial charge in [-0.1, -0.05) is 91.0 Å². The number of hydrogen-bond donors (Lipinski definition) is 2. The molecule has 41 heavy (non-hydrogen) atoms. The number of nitro groups is 1. The second-order valence-electron chi connectivity index (χ2n) is 9.57. The lowest BCUT2D eigenvalue weighted by atomic mass is 9.80. The Morgan fingerprint density at radius 2 is 1.41 bits per heavy atom. The number of imidazole rings is 1. The number of benzene rings is 3. The van der Waals surface area contributed by atoms with Gasteiger partial charge in [0.2, 0.25) is 5.82 Å². The quantitative estimate of drug-likeness (QED) is 0.0745. The molecule has 5 aromatic rings. The van der Waals surface area contributed by atoms with Gasteiger partial charge in [-0.15, -0.1) is 0 Å². The molecule has 208 valence electrons. The summed E-state index contributed by atoms with van der Waals surface area (Å²) in [7, 11) is 0. The van der Waals surface area contributed by atoms with Crippen LogP contribution in [0.1, 0.15) is 41.1 Å². The smallest absolute Gasteiger partial charge is 0.332 e. The number of rotatable bonds is 14. The summed E-state index contributed by atoms with van der Waals surface area (Å²) in [5.41, 5.74) is 2.67. The Hall–Kier alpha value is -4.89. The minimum atomic E-state index is -0.772. The van der Waals surface area contributed by atoms with Crippen molar-refractivity contribution in [1.29, 1.82) is 0 Å². The van der Waals surface area contributed by atoms with E-state index in [0.717, 1.165) is 35.4 Å². The average Bonchev–Trinajstić information content (AvgIpc) is 3.55. The molecule has 0 aliphatic carbocycles. The van der Waals surface area contributed by atoms with Crippen LogP contribution >= 0.6 is 0 Å². The van der Waals surface area contributed by atoms with Crippen LogP contribution in [0.25, 0.3) is 0 Å². The van der Waals surface area contributed by atoms with Crippen molar-refractivity contribution < 1.29 is 9.66 Å². The van der Waals surface area contributed by atoms with Crippen molar-refractivity contribution in [3.8, 4) is 0 Å². The van der Waals surface area contributed by atoms with Crippen molar-refractivity contribution in [2.45, 2.75) is 31.3 Å². The van der Waals surface area contributed by atoms with Crippen molar-refractivity contribution in [2.75, 3.05) is 18.5 Å². The predicted molar refractivity (Wildman–Crippen MR) is 158 cm³/mol. The van der Waals surface area contributed by atoms with Crippen LogP contribution in [0.4, 0.5) is 11.5 Å². The van der Waals surface area contributed by atoms with E-state index >= 15 is 0 Å². The van der Waals surface area contributed by atoms with Crippen LogP contribution in [0.3, 0.4) is 0 Å². The number of anilines is 1. The van der Waals surface area contributed by atoms with E-state index in [1.165, 1.54) is 6.33 Å². The molecule has 2 aromatic heterocycles. The number of nitrogens with one attached hydrogen (secondary N) is 2. The number of unbranched alkanes of at least 4 members (excludes halogenated alkanes) is 1. The number of aromatic amines is 1. The van der Waals surface area contributed by atoms with Crippen LogP contribution in [0, 0.1) is 10.1 Å². The first-order valence-electron chi connectivity index (χ1n) is 13.7. The van der Waals surface area contributed by atoms with Crippen LogP contribution in [-0.4, -0.2) is 38.0 Å². The standard InChI is InChI=1S/C32H32N6O3/c39-38(40)30-28(18-19-29-33-21-22-34-29)36-24-37-31(30)35-20-10-11-23-41-32(25-12-4-1-5-13-25,26-14-6-2-7-15-26)27-16-8-3-9-17-27/h1-9,12-17,21-22,24H,10-11,18-20,23H2,(H,33,34)(H,35,36,37). The van der Waals surface area contributed by atoms with E-state index in [1.807, 2.05) is 54.6 Å². The molecule has 5 rings (SSSR count). The lowest BCUT2D eigenvalue weighted by Crippen LogP contribution is -2.33. The SMILES string of the molecule is O=[N+]([O-])c1c(CCc2ncc[nH]2)ncnc1NCCCCOC(c1ccccc1)(c1ccccc1)c1ccccc1. The maximum Gasteiger partial charge on any atom is 0.332 e. The molecule has 0 aliphatic rings. The summed E-state index contributed by atoms with van der Waals surface area (Å²) in [5, 5.41) is 15.0. The molecule has 9 nitrogen and oxygen atoms in total. The monoisotopic (exact) mass is 548 g/mol. The van der Waals surface area contributed by atoms with E-state index in [4.69, 9.17) is 4.74 Å². The summed E-state index contributed by atoms with van der Waals surface area (Å²) in [6, 6.07) is 30.8. The summed E-state index contributed by atoms with van der Waals surface area (Å²) in [4.78, 5) is 27.0. The van der Waals surface area contributed by atoms with Gasteiger partial charge in [-0.3, -0.25) is 10.1 Å². The Balaban J connectivity index is 1.27. The second-order valence-corrected chi connectivity index (χ2v) is 9.57. The molecule has 0 radical (unpaired) electrons. The lowest BCUT2D eigenvalue weighted by molar-refractivity contribution is -0.385. The fourth-order valence-corrected chi connectivity index (χ4v) is 5.02. The molecule has 2 heterocycles. The van der Waals surface area contributed by atoms with Gasteiger partial charge in [-0.2, -0.15) is 0 Å². The summed E-state index contributed by atoms with van der Waals surface area (Å²) < 4.78 is 6.82. The summed E-state index contributed by atoms with van der Waals surface area (Å²) in [5.74, 6) is 0.984. The van der Waals surface area contributed by atoms with E-state index in [0.29, 0.717) is 31.7 Å². The zero-order valence-electron chi connectivity index (χ0n) is 22.6. The van der Waals surface area contributed by atoms with Gasteiger partial charge in [-0.05, 0) is 29.5 Å². The van der Waals surface area contributed by atoms with Crippen LogP contribution in [0.5, 0.6) is 0 Å². The second kappa shape index (κ2) is 13.5. The third kappa shape index (κ3) is 6.47. The molecule has 0 saturated carbocycles. The van der Waals surface area contributed by atoms with Crippen LogP contribution < -0.4 is 5.32 Å². The topological polar surface area (TPSA) is 119 Å². The highest BCUT2D eigenvalue weighted by Gasteiger charge is 2.37. The normalized spacial score (nSPS) is 11.3. The van der Waals surface area contributed by atoms with Crippen LogP contribution in [-0.2, 0) is 23.2 Å². The van der Waals surface area contributed by atoms with Crippen molar-refractivity contribution in [2.24, 2.45) is 0 Å². The largest absolute Gasteiger partial charge is 0.364 e. The summed E-state index contributed by atoms with van der Waals surface area (Å²) >= 11 is 0. The summed E-state index contributed by atoms with van der Waals surface area (Å²) in [6.07, 6.45) is 7.13. The highest BCUT2D eigenvalue weighted by molar-refractivity contribution is 5.58. The van der Waals surface area contributed by atoms with Crippen LogP contribution in [0.2, 0.25) is 0 Å². The Bertz CT molecular complexity index is 1420. The van der Waals surface area contributed by atoms with Gasteiger partial charge in [0.1, 0.15) is 23.4 Å². The van der Waals surface area contributed by atoms with Crippen molar-refractivity contribution in [1.82, 2.24) is 19.9 Å². The first kappa shape index (κ1) is 27.7. The zero-order valence-corrected chi connectivity index (χ0v) is 22.6. The first-order chi connectivity index (χ1) is 20.2. The van der Waals surface area contributed by atoms with E-state index in [1.54, 1.807) is 12.4 Å². The molecule has 3 aromatic carbocycles. The van der Waals surface area contributed by atoms with Gasteiger partial charge in [-0.25, -0.2) is 15.0 Å². The Morgan fingerprint density at radius 1 is 0.805 bits per heavy atom. The van der Waals surface area contributed by atoms with Gasteiger partial charge in [0.05, 0.1) is 4.92 Å². The van der Waals surface area contributed by atoms with E-state index in [-0.39, 0.29) is 11.5 Å². The maximum atomic E-state index is 11.9. The first-order valence-corrected chi connectivity index (χ1v) is 13.7. The Morgan fingerprint density at radius 3 is 1.95 bits per heavy atom. The number of aromatic nitrogens is 4. The van der Waals surface area contributed by atoms with Gasteiger partial charge in [0, 0.05) is 38.4 Å². The van der Waals surface area contributed by atoms with E-state index < -0.39 is 10.5 Å². The van der Waals surface area contributed by atoms with Crippen molar-refractivity contribution >= 4 is 11.5 Å². The van der Waals surface area contributed by atoms with Gasteiger partial charge < -0.3 is 15.0 Å². The molecule has 0 atom stereocenters. The number of ether oxygens (including phenoxy) is 1. The summed E-state index contributed by atoms with van der Waals surface area (Å²) in [6.45, 7) is 0.995. The number of nitrogens with zero attached hydrogens (tertiary/aromatic N) is 4. The van der Waals surface area contributed by atoms with Gasteiger partial charge >= 0.3 is 5.69 Å². The van der Waals surface area contributed by atoms with Gasteiger partial charge in [0.15, 0.2) is 0 Å². The number of H-pyrrole nitrogens is 1. The molecule has 0 saturated heterocycles. The fraction of sp³-hybridized carbons (Fsp3) is 0.219. The maximum absolute atomic E-state index is 11.9. The zero-order chi connectivity index (χ0) is 28.3. The fourth-order valence-electron chi connectivity index (χ4n) is 5.02. The Labute approximate surface area is 238 Å². The van der Waals surface area contributed by atoms with Crippen molar-refractivity contribution in [3.63, 3.8) is 0 Å². The Kier molecular flexibility index (Phi) is 9.08. The molecule has 9 heteroatoms. The van der Waals surface area contributed by atoms with Crippen molar-refractivity contribution in [3.05, 3.63) is 148 Å². The van der Waals surface area contributed by atoms with Gasteiger partial charge in [0.25, 0.3) is 0 Å². The lowest BCUT2D eigenvalue weighted by Gasteiger charge is -2.36. The van der Waals surface area contributed by atoms with E-state index in [2.05, 4.69) is 61.7 Å². The molecule has 0 unspecified atom stereocenters. The molecular formula is C32H32N6O3. The highest BCUT2D eigenvalue weighted by Crippen LogP contribution is 2.40. The third-order valence-electron chi connectivity index (χ3n) is 6.96. The minimum absolute atomic E-state index is 0.0912. The third-order valence-corrected chi connectivity index (χ3v) is 6.96. The molecule has 0 amide bonds.